The van der Waals surface area contributed by atoms with E-state index in [2.05, 4.69) is 16.0 Å². The lowest BCUT2D eigenvalue weighted by Crippen LogP contribution is -2.20. The van der Waals surface area contributed by atoms with Crippen LogP contribution in [0.25, 0.3) is 0 Å². The van der Waals surface area contributed by atoms with Crippen LogP contribution in [0.15, 0.2) is 36.4 Å². The second kappa shape index (κ2) is 5.52. The molecule has 0 fully saturated rings. The van der Waals surface area contributed by atoms with E-state index in [9.17, 15) is 9.59 Å². The van der Waals surface area contributed by atoms with Crippen molar-refractivity contribution >= 4 is 29.0 Å². The van der Waals surface area contributed by atoms with Crippen molar-refractivity contribution in [1.29, 1.82) is 0 Å². The van der Waals surface area contributed by atoms with Gasteiger partial charge >= 0.3 is 6.03 Å². The Hall–Kier alpha value is -2.82. The van der Waals surface area contributed by atoms with Gasteiger partial charge in [-0.15, -0.1) is 0 Å². The largest absolute Gasteiger partial charge is 0.325 e. The van der Waals surface area contributed by atoms with Gasteiger partial charge in [0.15, 0.2) is 0 Å². The van der Waals surface area contributed by atoms with Gasteiger partial charge in [0.2, 0.25) is 5.91 Å². The van der Waals surface area contributed by atoms with Gasteiger partial charge in [0.05, 0.1) is 6.42 Å². The van der Waals surface area contributed by atoms with Gasteiger partial charge < -0.3 is 16.0 Å². The van der Waals surface area contributed by atoms with Crippen molar-refractivity contribution in [3.63, 3.8) is 0 Å². The fraction of sp³-hybridized carbons (Fsp3) is 0.176. The minimum absolute atomic E-state index is 0.0213. The number of nitrogens with one attached hydrogen (secondary N) is 3. The summed E-state index contributed by atoms with van der Waals surface area (Å²) in [6.07, 6.45) is 0.393. The standard InChI is InChI=1S/C17H17N3O2/c1-10-4-3-5-14(11(10)2)20-17(22)18-13-7-6-12-8-16(21)19-15(12)9-13/h3-7,9H,8H2,1-2H3,(H,19,21)(H2,18,20,22). The Bertz CT molecular complexity index is 768. The van der Waals surface area contributed by atoms with Crippen LogP contribution in [-0.2, 0) is 11.2 Å². The average Bonchev–Trinajstić information content (AvgIpc) is 2.83. The summed E-state index contributed by atoms with van der Waals surface area (Å²) in [6, 6.07) is 10.9. The SMILES string of the molecule is Cc1cccc(NC(=O)Nc2ccc3c(c2)NC(=O)C3)c1C. The summed E-state index contributed by atoms with van der Waals surface area (Å²) < 4.78 is 0. The predicted octanol–water partition coefficient (Wildman–Crippen LogP) is 3.44. The molecule has 5 heteroatoms. The highest BCUT2D eigenvalue weighted by Crippen LogP contribution is 2.26. The van der Waals surface area contributed by atoms with Gasteiger partial charge in [0.25, 0.3) is 0 Å². The molecule has 1 aliphatic rings. The van der Waals surface area contributed by atoms with Crippen LogP contribution in [0, 0.1) is 13.8 Å². The van der Waals surface area contributed by atoms with Crippen molar-refractivity contribution in [2.75, 3.05) is 16.0 Å². The summed E-state index contributed by atoms with van der Waals surface area (Å²) in [5, 5.41) is 8.39. The molecule has 22 heavy (non-hydrogen) atoms. The van der Waals surface area contributed by atoms with Gasteiger partial charge in [0, 0.05) is 17.1 Å². The number of amides is 3. The molecule has 1 heterocycles. The molecule has 0 radical (unpaired) electrons. The first-order valence-corrected chi connectivity index (χ1v) is 7.10. The summed E-state index contributed by atoms with van der Waals surface area (Å²) in [5.41, 5.74) is 5.30. The maximum atomic E-state index is 12.1. The first-order chi connectivity index (χ1) is 10.5. The monoisotopic (exact) mass is 295 g/mol. The Balaban J connectivity index is 1.71. The number of fused-ring (bicyclic) bond motifs is 1. The summed E-state index contributed by atoms with van der Waals surface area (Å²) in [5.74, 6) is -0.0213. The minimum Gasteiger partial charge on any atom is -0.325 e. The van der Waals surface area contributed by atoms with E-state index < -0.39 is 0 Å². The normalized spacial score (nSPS) is 12.5. The third-order valence-electron chi connectivity index (χ3n) is 3.85. The van der Waals surface area contributed by atoms with Gasteiger partial charge in [-0.1, -0.05) is 18.2 Å². The molecular formula is C17H17N3O2. The number of carbonyl (C=O) groups excluding carboxylic acids is 2. The molecule has 0 aliphatic carbocycles. The zero-order valence-electron chi connectivity index (χ0n) is 12.5. The number of rotatable bonds is 2. The van der Waals surface area contributed by atoms with E-state index in [-0.39, 0.29) is 11.9 Å². The van der Waals surface area contributed by atoms with E-state index in [1.54, 1.807) is 12.1 Å². The fourth-order valence-electron chi connectivity index (χ4n) is 2.46. The molecule has 0 saturated carbocycles. The zero-order chi connectivity index (χ0) is 15.7. The van der Waals surface area contributed by atoms with Gasteiger partial charge in [-0.2, -0.15) is 0 Å². The van der Waals surface area contributed by atoms with Crippen molar-refractivity contribution in [3.8, 4) is 0 Å². The molecule has 3 amide bonds. The molecule has 1 aliphatic heterocycles. The van der Waals surface area contributed by atoms with Gasteiger partial charge in [-0.25, -0.2) is 4.79 Å². The van der Waals surface area contributed by atoms with Crippen molar-refractivity contribution in [3.05, 3.63) is 53.1 Å². The molecule has 0 spiro atoms. The maximum Gasteiger partial charge on any atom is 0.323 e. The molecule has 0 aromatic heterocycles. The topological polar surface area (TPSA) is 70.2 Å². The highest BCUT2D eigenvalue weighted by atomic mass is 16.2. The third-order valence-corrected chi connectivity index (χ3v) is 3.85. The lowest BCUT2D eigenvalue weighted by atomic mass is 10.1. The number of urea groups is 1. The fourth-order valence-corrected chi connectivity index (χ4v) is 2.46. The number of anilines is 3. The van der Waals surface area contributed by atoms with E-state index >= 15 is 0 Å². The molecule has 0 atom stereocenters. The second-order valence-electron chi connectivity index (χ2n) is 5.42. The van der Waals surface area contributed by atoms with E-state index in [0.717, 1.165) is 28.1 Å². The van der Waals surface area contributed by atoms with Crippen LogP contribution >= 0.6 is 0 Å². The Morgan fingerprint density at radius 2 is 1.95 bits per heavy atom. The van der Waals surface area contributed by atoms with Crippen molar-refractivity contribution in [2.45, 2.75) is 20.3 Å². The van der Waals surface area contributed by atoms with Crippen molar-refractivity contribution in [1.82, 2.24) is 0 Å². The first kappa shape index (κ1) is 14.1. The highest BCUT2D eigenvalue weighted by molar-refractivity contribution is 6.03. The lowest BCUT2D eigenvalue weighted by molar-refractivity contribution is -0.115. The van der Waals surface area contributed by atoms with Crippen LogP contribution in [0.5, 0.6) is 0 Å². The molecular weight excluding hydrogens is 278 g/mol. The van der Waals surface area contributed by atoms with Gasteiger partial charge in [-0.3, -0.25) is 4.79 Å². The molecule has 0 saturated heterocycles. The molecule has 112 valence electrons. The predicted molar refractivity (Wildman–Crippen MR) is 87.3 cm³/mol. The Kier molecular flexibility index (Phi) is 3.55. The summed E-state index contributed by atoms with van der Waals surface area (Å²) >= 11 is 0. The van der Waals surface area contributed by atoms with Crippen LogP contribution in [0.2, 0.25) is 0 Å². The van der Waals surface area contributed by atoms with Crippen LogP contribution in [0.4, 0.5) is 21.9 Å². The smallest absolute Gasteiger partial charge is 0.323 e. The van der Waals surface area contributed by atoms with E-state index in [1.807, 2.05) is 38.1 Å². The molecule has 3 N–H and O–H groups in total. The lowest BCUT2D eigenvalue weighted by Gasteiger charge is -2.12. The van der Waals surface area contributed by atoms with Crippen LogP contribution in [0.1, 0.15) is 16.7 Å². The van der Waals surface area contributed by atoms with E-state index in [4.69, 9.17) is 0 Å². The molecule has 0 unspecified atom stereocenters. The second-order valence-corrected chi connectivity index (χ2v) is 5.42. The number of carbonyl (C=O) groups is 2. The molecule has 0 bridgehead atoms. The Morgan fingerprint density at radius 1 is 1.14 bits per heavy atom. The van der Waals surface area contributed by atoms with Gasteiger partial charge in [0.1, 0.15) is 0 Å². The van der Waals surface area contributed by atoms with E-state index in [1.165, 1.54) is 0 Å². The zero-order valence-corrected chi connectivity index (χ0v) is 12.5. The molecule has 5 nitrogen and oxygen atoms in total. The van der Waals surface area contributed by atoms with Crippen molar-refractivity contribution in [2.24, 2.45) is 0 Å². The maximum absolute atomic E-state index is 12.1. The quantitative estimate of drug-likeness (QED) is 0.794. The third kappa shape index (κ3) is 2.79. The number of hydrogen-bond acceptors (Lipinski definition) is 2. The van der Waals surface area contributed by atoms with E-state index in [0.29, 0.717) is 12.1 Å². The van der Waals surface area contributed by atoms with Gasteiger partial charge in [-0.05, 0) is 48.7 Å². The number of hydrogen-bond donors (Lipinski definition) is 3. The van der Waals surface area contributed by atoms with Crippen LogP contribution in [0.3, 0.4) is 0 Å². The minimum atomic E-state index is -0.307. The highest BCUT2D eigenvalue weighted by Gasteiger charge is 2.17. The summed E-state index contributed by atoms with van der Waals surface area (Å²) in [4.78, 5) is 23.4. The summed E-state index contributed by atoms with van der Waals surface area (Å²) in [7, 11) is 0. The number of aryl methyl sites for hydroxylation is 1. The molecule has 2 aromatic rings. The Morgan fingerprint density at radius 3 is 2.77 bits per heavy atom. The molecule has 2 aromatic carbocycles. The Labute approximate surface area is 128 Å². The average molecular weight is 295 g/mol. The summed E-state index contributed by atoms with van der Waals surface area (Å²) in [6.45, 7) is 3.97. The first-order valence-electron chi connectivity index (χ1n) is 7.10. The molecule has 3 rings (SSSR count). The van der Waals surface area contributed by atoms with Crippen LogP contribution < -0.4 is 16.0 Å². The van der Waals surface area contributed by atoms with Crippen molar-refractivity contribution < 1.29 is 9.59 Å². The van der Waals surface area contributed by atoms with Crippen LogP contribution in [-0.4, -0.2) is 11.9 Å². The number of benzene rings is 2.